The Kier molecular flexibility index (Phi) is 6.87. The van der Waals surface area contributed by atoms with Crippen molar-refractivity contribution < 1.29 is 19.0 Å². The molecule has 2 unspecified atom stereocenters. The summed E-state index contributed by atoms with van der Waals surface area (Å²) in [6.07, 6.45) is 0.661. The normalized spacial score (nSPS) is 20.7. The minimum absolute atomic E-state index is 0. The summed E-state index contributed by atoms with van der Waals surface area (Å²) in [7, 11) is 3.31. The summed E-state index contributed by atoms with van der Waals surface area (Å²) in [5, 5.41) is 3.41. The van der Waals surface area contributed by atoms with Crippen LogP contribution in [-0.4, -0.2) is 51.3 Å². The monoisotopic (exact) mass is 418 g/mol. The first-order valence-corrected chi connectivity index (χ1v) is 9.65. The number of hydrogen-bond donors (Lipinski definition) is 1. The third-order valence-corrected chi connectivity index (χ3v) is 5.55. The average Bonchev–Trinajstić information content (AvgIpc) is 2.77. The van der Waals surface area contributed by atoms with E-state index in [0.29, 0.717) is 26.1 Å². The van der Waals surface area contributed by atoms with E-state index in [1.54, 1.807) is 14.2 Å². The zero-order chi connectivity index (χ0) is 19.5. The molecule has 0 spiro atoms. The average molecular weight is 419 g/mol. The molecule has 4 rings (SSSR count). The van der Waals surface area contributed by atoms with Crippen molar-refractivity contribution in [1.82, 2.24) is 10.2 Å². The molecule has 156 valence electrons. The van der Waals surface area contributed by atoms with Crippen molar-refractivity contribution in [3.63, 3.8) is 0 Å². The molecular formula is C22H27ClN2O4. The number of carbonyl (C=O) groups excluding carboxylic acids is 1. The molecule has 1 saturated heterocycles. The standard InChI is InChI=1S/C22H26N2O4.ClH/c1-26-17-7-8-20-15(12-17)11-16(14-28-20)22(25)24-10-9-23-13-19(24)18-5-3-4-6-21(18)27-2;/h3-8,12,16,19,23H,9-11,13-14H2,1-2H3;1H. The molecule has 0 saturated carbocycles. The number of ether oxygens (including phenoxy) is 3. The van der Waals surface area contributed by atoms with Crippen molar-refractivity contribution in [3.05, 3.63) is 53.6 Å². The molecule has 7 heteroatoms. The molecule has 0 radical (unpaired) electrons. The van der Waals surface area contributed by atoms with Gasteiger partial charge >= 0.3 is 0 Å². The van der Waals surface area contributed by atoms with Crippen LogP contribution in [0.5, 0.6) is 17.2 Å². The number of hydrogen-bond acceptors (Lipinski definition) is 5. The topological polar surface area (TPSA) is 60.0 Å². The predicted octanol–water partition coefficient (Wildman–Crippen LogP) is 2.85. The first-order chi connectivity index (χ1) is 13.7. The number of methoxy groups -OCH3 is 2. The maximum atomic E-state index is 13.4. The van der Waals surface area contributed by atoms with Crippen molar-refractivity contribution in [2.24, 2.45) is 5.92 Å². The maximum absolute atomic E-state index is 13.4. The number of piperazine rings is 1. The largest absolute Gasteiger partial charge is 0.497 e. The molecule has 1 N–H and O–H groups in total. The van der Waals surface area contributed by atoms with E-state index in [9.17, 15) is 4.79 Å². The molecule has 2 atom stereocenters. The van der Waals surface area contributed by atoms with E-state index in [-0.39, 0.29) is 30.3 Å². The number of fused-ring (bicyclic) bond motifs is 1. The van der Waals surface area contributed by atoms with Crippen molar-refractivity contribution in [2.45, 2.75) is 12.5 Å². The van der Waals surface area contributed by atoms with Crippen LogP contribution in [0.25, 0.3) is 0 Å². The van der Waals surface area contributed by atoms with Gasteiger partial charge in [-0.05, 0) is 36.2 Å². The van der Waals surface area contributed by atoms with Crippen LogP contribution in [0.1, 0.15) is 17.2 Å². The Labute approximate surface area is 177 Å². The summed E-state index contributed by atoms with van der Waals surface area (Å²) in [6.45, 7) is 2.57. The molecule has 2 aromatic carbocycles. The summed E-state index contributed by atoms with van der Waals surface area (Å²) in [4.78, 5) is 15.4. The van der Waals surface area contributed by atoms with Gasteiger partial charge in [0.1, 0.15) is 23.9 Å². The van der Waals surface area contributed by atoms with Gasteiger partial charge in [-0.2, -0.15) is 0 Å². The van der Waals surface area contributed by atoms with E-state index in [0.717, 1.165) is 34.9 Å². The Balaban J connectivity index is 0.00000240. The lowest BCUT2D eigenvalue weighted by Crippen LogP contribution is -2.52. The highest BCUT2D eigenvalue weighted by Crippen LogP contribution is 2.34. The van der Waals surface area contributed by atoms with Crippen LogP contribution in [0.3, 0.4) is 0 Å². The zero-order valence-electron chi connectivity index (χ0n) is 16.7. The van der Waals surface area contributed by atoms with E-state index >= 15 is 0 Å². The number of rotatable bonds is 4. The number of para-hydroxylation sites is 1. The maximum Gasteiger partial charge on any atom is 0.230 e. The van der Waals surface area contributed by atoms with Gasteiger partial charge in [0.2, 0.25) is 5.91 Å². The van der Waals surface area contributed by atoms with Crippen molar-refractivity contribution in [2.75, 3.05) is 40.5 Å². The Morgan fingerprint density at radius 1 is 1.17 bits per heavy atom. The van der Waals surface area contributed by atoms with Crippen molar-refractivity contribution in [1.29, 1.82) is 0 Å². The van der Waals surface area contributed by atoms with E-state index in [4.69, 9.17) is 14.2 Å². The van der Waals surface area contributed by atoms with Crippen LogP contribution in [0.15, 0.2) is 42.5 Å². The number of amides is 1. The minimum Gasteiger partial charge on any atom is -0.497 e. The summed E-state index contributed by atoms with van der Waals surface area (Å²) in [5.74, 6) is 2.36. The summed E-state index contributed by atoms with van der Waals surface area (Å²) in [6, 6.07) is 13.6. The van der Waals surface area contributed by atoms with Crippen LogP contribution in [0.2, 0.25) is 0 Å². The molecule has 2 aromatic rings. The van der Waals surface area contributed by atoms with Gasteiger partial charge in [-0.15, -0.1) is 12.4 Å². The van der Waals surface area contributed by atoms with Gasteiger partial charge in [0.05, 0.1) is 26.2 Å². The summed E-state index contributed by atoms with van der Waals surface area (Å²) in [5.41, 5.74) is 2.05. The number of nitrogens with one attached hydrogen (secondary N) is 1. The van der Waals surface area contributed by atoms with Crippen LogP contribution >= 0.6 is 12.4 Å². The van der Waals surface area contributed by atoms with Gasteiger partial charge in [0.15, 0.2) is 0 Å². The third kappa shape index (κ3) is 4.28. The molecule has 0 bridgehead atoms. The zero-order valence-corrected chi connectivity index (χ0v) is 17.5. The SMILES string of the molecule is COc1ccc2c(c1)CC(C(=O)N1CCNCC1c1ccccc1OC)CO2.Cl. The Hall–Kier alpha value is -2.44. The van der Waals surface area contributed by atoms with E-state index in [1.807, 2.05) is 47.4 Å². The molecule has 6 nitrogen and oxygen atoms in total. The second-order valence-corrected chi connectivity index (χ2v) is 7.18. The minimum atomic E-state index is -0.199. The first kappa shape index (κ1) is 21.3. The molecule has 1 fully saturated rings. The number of halogens is 1. The molecule has 2 aliphatic rings. The first-order valence-electron chi connectivity index (χ1n) is 9.65. The third-order valence-electron chi connectivity index (χ3n) is 5.55. The highest BCUT2D eigenvalue weighted by Gasteiger charge is 2.35. The lowest BCUT2D eigenvalue weighted by Gasteiger charge is -2.39. The highest BCUT2D eigenvalue weighted by atomic mass is 35.5. The van der Waals surface area contributed by atoms with Gasteiger partial charge < -0.3 is 24.4 Å². The van der Waals surface area contributed by atoms with Gasteiger partial charge in [-0.25, -0.2) is 0 Å². The quantitative estimate of drug-likeness (QED) is 0.827. The molecule has 0 aliphatic carbocycles. The van der Waals surface area contributed by atoms with E-state index in [1.165, 1.54) is 0 Å². The fourth-order valence-corrected chi connectivity index (χ4v) is 4.08. The van der Waals surface area contributed by atoms with Gasteiger partial charge in [0, 0.05) is 25.2 Å². The Bertz CT molecular complexity index is 860. The smallest absolute Gasteiger partial charge is 0.230 e. The van der Waals surface area contributed by atoms with E-state index in [2.05, 4.69) is 5.32 Å². The lowest BCUT2D eigenvalue weighted by molar-refractivity contribution is -0.140. The summed E-state index contributed by atoms with van der Waals surface area (Å²) < 4.78 is 16.7. The van der Waals surface area contributed by atoms with Crippen LogP contribution in [0.4, 0.5) is 0 Å². The van der Waals surface area contributed by atoms with Crippen LogP contribution < -0.4 is 19.5 Å². The molecular weight excluding hydrogens is 392 g/mol. The Morgan fingerprint density at radius 3 is 2.79 bits per heavy atom. The fourth-order valence-electron chi connectivity index (χ4n) is 4.08. The Morgan fingerprint density at radius 2 is 2.00 bits per heavy atom. The number of nitrogens with zero attached hydrogens (tertiary/aromatic N) is 1. The molecule has 1 amide bonds. The highest BCUT2D eigenvalue weighted by molar-refractivity contribution is 5.85. The van der Waals surface area contributed by atoms with Crippen LogP contribution in [0, 0.1) is 5.92 Å². The second-order valence-electron chi connectivity index (χ2n) is 7.18. The summed E-state index contributed by atoms with van der Waals surface area (Å²) >= 11 is 0. The number of benzene rings is 2. The van der Waals surface area contributed by atoms with Crippen molar-refractivity contribution in [3.8, 4) is 17.2 Å². The molecule has 2 aliphatic heterocycles. The van der Waals surface area contributed by atoms with Crippen molar-refractivity contribution >= 4 is 18.3 Å². The molecule has 0 aromatic heterocycles. The molecule has 2 heterocycles. The second kappa shape index (κ2) is 9.37. The van der Waals surface area contributed by atoms with E-state index < -0.39 is 0 Å². The fraction of sp³-hybridized carbons (Fsp3) is 0.409. The van der Waals surface area contributed by atoms with Gasteiger partial charge in [-0.3, -0.25) is 4.79 Å². The van der Waals surface area contributed by atoms with Gasteiger partial charge in [0.25, 0.3) is 0 Å². The molecule has 29 heavy (non-hydrogen) atoms. The van der Waals surface area contributed by atoms with Crippen LogP contribution in [-0.2, 0) is 11.2 Å². The lowest BCUT2D eigenvalue weighted by atomic mass is 9.93. The van der Waals surface area contributed by atoms with Gasteiger partial charge in [-0.1, -0.05) is 18.2 Å². The predicted molar refractivity (Wildman–Crippen MR) is 113 cm³/mol. The number of carbonyl (C=O) groups is 1.